The fraction of sp³-hybridized carbons (Fsp3) is 0.167. The molecule has 1 aliphatic rings. The lowest BCUT2D eigenvalue weighted by molar-refractivity contribution is -0.117. The molecule has 0 saturated heterocycles. The third-order valence-corrected chi connectivity index (χ3v) is 6.29. The van der Waals surface area contributed by atoms with Gasteiger partial charge in [0.25, 0.3) is 0 Å². The van der Waals surface area contributed by atoms with Gasteiger partial charge in [0.15, 0.2) is 0 Å². The zero-order valence-electron chi connectivity index (χ0n) is 16.9. The van der Waals surface area contributed by atoms with Gasteiger partial charge in [-0.05, 0) is 58.7 Å². The molecule has 1 amide bonds. The predicted molar refractivity (Wildman–Crippen MR) is 122 cm³/mol. The van der Waals surface area contributed by atoms with Crippen LogP contribution in [-0.2, 0) is 17.6 Å². The first kappa shape index (κ1) is 19.5. The molecule has 5 rings (SSSR count). The van der Waals surface area contributed by atoms with E-state index in [-0.39, 0.29) is 5.91 Å². The summed E-state index contributed by atoms with van der Waals surface area (Å²) in [5.74, 6) is 0.667. The third-order valence-electron chi connectivity index (χ3n) is 5.37. The lowest BCUT2D eigenvalue weighted by atomic mass is 10.0. The van der Waals surface area contributed by atoms with Crippen molar-refractivity contribution < 1.29 is 4.79 Å². The van der Waals surface area contributed by atoms with Crippen molar-refractivity contribution in [2.45, 2.75) is 24.4 Å². The van der Waals surface area contributed by atoms with Crippen LogP contribution in [0.2, 0.25) is 0 Å². The van der Waals surface area contributed by atoms with Gasteiger partial charge < -0.3 is 0 Å². The van der Waals surface area contributed by atoms with Crippen LogP contribution in [0.4, 0.5) is 11.4 Å². The number of hydrogen-bond acceptors (Lipinski definition) is 5. The summed E-state index contributed by atoms with van der Waals surface area (Å²) in [5, 5.41) is 12.7. The number of aromatic nitrogens is 4. The molecule has 0 N–H and O–H groups in total. The number of tetrazole rings is 1. The predicted octanol–water partition coefficient (Wildman–Crippen LogP) is 4.61. The maximum atomic E-state index is 13.4. The number of anilines is 2. The van der Waals surface area contributed by atoms with E-state index in [0.717, 1.165) is 29.9 Å². The summed E-state index contributed by atoms with van der Waals surface area (Å²) in [6, 6.07) is 26.1. The Kier molecular flexibility index (Phi) is 5.50. The van der Waals surface area contributed by atoms with Crippen molar-refractivity contribution in [2.75, 3.05) is 10.7 Å². The molecule has 0 bridgehead atoms. The Balaban J connectivity index is 1.36. The monoisotopic (exact) mass is 427 g/mol. The molecule has 0 saturated carbocycles. The molecule has 0 spiro atoms. The van der Waals surface area contributed by atoms with Crippen molar-refractivity contribution in [3.05, 3.63) is 90.0 Å². The number of amides is 1. The number of thioether (sulfide) groups is 1. The fourth-order valence-electron chi connectivity index (χ4n) is 3.89. The number of rotatable bonds is 5. The van der Waals surface area contributed by atoms with E-state index in [0.29, 0.717) is 17.3 Å². The molecule has 2 heterocycles. The molecule has 1 aliphatic heterocycles. The van der Waals surface area contributed by atoms with Gasteiger partial charge in [-0.1, -0.05) is 66.4 Å². The average Bonchev–Trinajstić information content (AvgIpc) is 3.21. The van der Waals surface area contributed by atoms with E-state index < -0.39 is 0 Å². The van der Waals surface area contributed by atoms with Crippen LogP contribution in [0.5, 0.6) is 0 Å². The lowest BCUT2D eigenvalue weighted by Gasteiger charge is -2.25. The maximum absolute atomic E-state index is 13.4. The minimum absolute atomic E-state index is 0.0769. The quantitative estimate of drug-likeness (QED) is 0.435. The van der Waals surface area contributed by atoms with E-state index in [4.69, 9.17) is 0 Å². The normalized spacial score (nSPS) is 12.7. The molecule has 154 valence electrons. The molecule has 3 aromatic carbocycles. The number of carbonyl (C=O) groups excluding carboxylic acids is 1. The second-order valence-electron chi connectivity index (χ2n) is 7.29. The minimum atomic E-state index is 0.0769. The smallest absolute Gasteiger partial charge is 0.232 e. The molecule has 1 aromatic heterocycles. The molecular weight excluding hydrogens is 406 g/mol. The molecule has 4 aromatic rings. The van der Waals surface area contributed by atoms with Gasteiger partial charge in [-0.15, -0.1) is 5.10 Å². The minimum Gasteiger partial charge on any atom is -0.280 e. The molecule has 0 radical (unpaired) electrons. The van der Waals surface area contributed by atoms with E-state index in [9.17, 15) is 4.79 Å². The summed E-state index contributed by atoms with van der Waals surface area (Å²) < 4.78 is 1.70. The van der Waals surface area contributed by atoms with Crippen LogP contribution in [0.15, 0.2) is 84.0 Å². The van der Waals surface area contributed by atoms with E-state index >= 15 is 0 Å². The number of nitrogens with zero attached hydrogens (tertiary/aromatic N) is 5. The lowest BCUT2D eigenvalue weighted by Crippen LogP contribution is -2.27. The highest BCUT2D eigenvalue weighted by Crippen LogP contribution is 2.36. The zero-order valence-corrected chi connectivity index (χ0v) is 17.7. The Hall–Kier alpha value is -3.45. The van der Waals surface area contributed by atoms with Gasteiger partial charge in [-0.3, -0.25) is 9.69 Å². The first-order valence-corrected chi connectivity index (χ1v) is 11.3. The molecule has 0 aliphatic carbocycles. The Labute approximate surface area is 184 Å². The first-order chi connectivity index (χ1) is 15.3. The van der Waals surface area contributed by atoms with E-state index in [2.05, 4.69) is 27.7 Å². The number of hydrogen-bond donors (Lipinski definition) is 0. The van der Waals surface area contributed by atoms with Gasteiger partial charge in [0.2, 0.25) is 11.1 Å². The van der Waals surface area contributed by atoms with Gasteiger partial charge in [-0.2, -0.15) is 4.68 Å². The molecule has 0 atom stereocenters. The van der Waals surface area contributed by atoms with Crippen LogP contribution < -0.4 is 4.90 Å². The standard InChI is InChI=1S/C24H21N5OS/c30-23(16-17-31-24-25-26-27-29(24)20-10-2-1-3-11-20)28-21-12-6-4-8-18(21)14-15-19-9-5-7-13-22(19)28/h1-13H,14-17H2. The largest absolute Gasteiger partial charge is 0.280 e. The number of benzene rings is 3. The van der Waals surface area contributed by atoms with Crippen molar-refractivity contribution in [1.82, 2.24) is 20.2 Å². The summed E-state index contributed by atoms with van der Waals surface area (Å²) >= 11 is 1.49. The Morgan fingerprint density at radius 3 is 2.13 bits per heavy atom. The Morgan fingerprint density at radius 2 is 1.45 bits per heavy atom. The van der Waals surface area contributed by atoms with Crippen LogP contribution >= 0.6 is 11.8 Å². The molecule has 31 heavy (non-hydrogen) atoms. The van der Waals surface area contributed by atoms with Crippen LogP contribution in [-0.4, -0.2) is 31.9 Å². The first-order valence-electron chi connectivity index (χ1n) is 10.3. The highest BCUT2D eigenvalue weighted by molar-refractivity contribution is 7.99. The number of carbonyl (C=O) groups is 1. The number of aryl methyl sites for hydroxylation is 2. The topological polar surface area (TPSA) is 63.9 Å². The second kappa shape index (κ2) is 8.73. The van der Waals surface area contributed by atoms with Gasteiger partial charge in [-0.25, -0.2) is 0 Å². The Bertz CT molecular complexity index is 1160. The molecule has 0 fully saturated rings. The Morgan fingerprint density at radius 1 is 0.839 bits per heavy atom. The SMILES string of the molecule is O=C(CCSc1nnnn1-c1ccccc1)N1c2ccccc2CCc2ccccc21. The van der Waals surface area contributed by atoms with Crippen LogP contribution in [0.3, 0.4) is 0 Å². The summed E-state index contributed by atoms with van der Waals surface area (Å²) in [6.45, 7) is 0. The summed E-state index contributed by atoms with van der Waals surface area (Å²) in [4.78, 5) is 15.3. The van der Waals surface area contributed by atoms with Crippen molar-refractivity contribution in [2.24, 2.45) is 0 Å². The second-order valence-corrected chi connectivity index (χ2v) is 8.36. The number of para-hydroxylation sites is 3. The third kappa shape index (κ3) is 3.96. The van der Waals surface area contributed by atoms with Gasteiger partial charge >= 0.3 is 0 Å². The molecular formula is C24H21N5OS. The van der Waals surface area contributed by atoms with Crippen LogP contribution in [0.1, 0.15) is 17.5 Å². The van der Waals surface area contributed by atoms with Gasteiger partial charge in [0.05, 0.1) is 17.1 Å². The summed E-state index contributed by atoms with van der Waals surface area (Å²) in [6.07, 6.45) is 2.24. The number of fused-ring (bicyclic) bond motifs is 2. The average molecular weight is 428 g/mol. The van der Waals surface area contributed by atoms with Crippen molar-refractivity contribution >= 4 is 29.0 Å². The fourth-order valence-corrected chi connectivity index (χ4v) is 4.71. The summed E-state index contributed by atoms with van der Waals surface area (Å²) in [7, 11) is 0. The van der Waals surface area contributed by atoms with Crippen molar-refractivity contribution in [3.8, 4) is 5.69 Å². The molecule has 7 heteroatoms. The van der Waals surface area contributed by atoms with Gasteiger partial charge in [0.1, 0.15) is 0 Å². The molecule has 0 unspecified atom stereocenters. The van der Waals surface area contributed by atoms with Crippen LogP contribution in [0.25, 0.3) is 5.69 Å². The van der Waals surface area contributed by atoms with Crippen LogP contribution in [0, 0.1) is 0 Å². The van der Waals surface area contributed by atoms with E-state index in [1.807, 2.05) is 71.6 Å². The zero-order chi connectivity index (χ0) is 21.0. The highest BCUT2D eigenvalue weighted by Gasteiger charge is 2.25. The van der Waals surface area contributed by atoms with Gasteiger partial charge in [0, 0.05) is 12.2 Å². The molecule has 6 nitrogen and oxygen atoms in total. The highest BCUT2D eigenvalue weighted by atomic mass is 32.2. The summed E-state index contributed by atoms with van der Waals surface area (Å²) in [5.41, 5.74) is 5.27. The van der Waals surface area contributed by atoms with E-state index in [1.165, 1.54) is 22.9 Å². The van der Waals surface area contributed by atoms with Crippen molar-refractivity contribution in [1.29, 1.82) is 0 Å². The van der Waals surface area contributed by atoms with Crippen molar-refractivity contribution in [3.63, 3.8) is 0 Å². The maximum Gasteiger partial charge on any atom is 0.232 e. The van der Waals surface area contributed by atoms with E-state index in [1.54, 1.807) is 4.68 Å².